The Morgan fingerprint density at radius 1 is 1.56 bits per heavy atom. The van der Waals surface area contributed by atoms with Crippen LogP contribution in [0.2, 0.25) is 0 Å². The van der Waals surface area contributed by atoms with E-state index in [9.17, 15) is 9.59 Å². The van der Waals surface area contributed by atoms with Crippen LogP contribution in [0.1, 0.15) is 0 Å². The third-order valence-corrected chi connectivity index (χ3v) is 2.98. The smallest absolute Gasteiger partial charge is 0.356 e. The molecule has 0 fully saturated rings. The average molecular weight is 282 g/mol. The summed E-state index contributed by atoms with van der Waals surface area (Å²) in [4.78, 5) is 27.2. The maximum absolute atomic E-state index is 11.7. The molecule has 2 aliphatic rings. The van der Waals surface area contributed by atoms with Gasteiger partial charge in [0.15, 0.2) is 11.5 Å². The summed E-state index contributed by atoms with van der Waals surface area (Å²) in [6.45, 7) is 0. The number of methoxy groups -OCH3 is 1. The Bertz CT molecular complexity index is 485. The number of carbonyl (C=O) groups is 2. The summed E-state index contributed by atoms with van der Waals surface area (Å²) in [6, 6.07) is 0. The number of halogens is 1. The Balaban J connectivity index is 2.43. The molecule has 0 saturated carbocycles. The van der Waals surface area contributed by atoms with Crippen molar-refractivity contribution in [1.82, 2.24) is 0 Å². The van der Waals surface area contributed by atoms with Crippen molar-refractivity contribution in [3.05, 3.63) is 34.5 Å². The van der Waals surface area contributed by atoms with Crippen molar-refractivity contribution in [1.29, 1.82) is 0 Å². The van der Waals surface area contributed by atoms with E-state index in [4.69, 9.17) is 0 Å². The number of ether oxygens (including phenoxy) is 1. The Morgan fingerprint density at radius 3 is 3.00 bits per heavy atom. The van der Waals surface area contributed by atoms with E-state index in [1.807, 2.05) is 0 Å². The second kappa shape index (κ2) is 4.17. The van der Waals surface area contributed by atoms with E-state index in [1.165, 1.54) is 13.2 Å². The first-order chi connectivity index (χ1) is 7.63. The second-order valence-electron chi connectivity index (χ2n) is 3.30. The van der Waals surface area contributed by atoms with Crippen molar-refractivity contribution in [2.75, 3.05) is 7.11 Å². The van der Waals surface area contributed by atoms with E-state index in [1.54, 1.807) is 18.2 Å². The van der Waals surface area contributed by atoms with Gasteiger partial charge in [-0.1, -0.05) is 12.2 Å². The van der Waals surface area contributed by atoms with Crippen LogP contribution in [-0.2, 0) is 14.3 Å². The molecule has 16 heavy (non-hydrogen) atoms. The van der Waals surface area contributed by atoms with Crippen LogP contribution in [0.5, 0.6) is 0 Å². The minimum Gasteiger partial charge on any atom is -0.464 e. The van der Waals surface area contributed by atoms with Gasteiger partial charge in [0.2, 0.25) is 0 Å². The van der Waals surface area contributed by atoms with Crippen LogP contribution in [-0.4, -0.2) is 24.6 Å². The number of ketones is 1. The zero-order valence-corrected chi connectivity index (χ0v) is 10.0. The van der Waals surface area contributed by atoms with Crippen LogP contribution in [0.25, 0.3) is 0 Å². The molecule has 1 aliphatic heterocycles. The summed E-state index contributed by atoms with van der Waals surface area (Å²) in [5, 5.41) is 0. The SMILES string of the molecule is COC(=O)C1=CC(=O)C2C=CC=C(Br)C2=N1. The van der Waals surface area contributed by atoms with Gasteiger partial charge in [-0.25, -0.2) is 9.79 Å². The van der Waals surface area contributed by atoms with Crippen LogP contribution < -0.4 is 0 Å². The van der Waals surface area contributed by atoms with Crippen molar-refractivity contribution in [3.8, 4) is 0 Å². The fourth-order valence-electron chi connectivity index (χ4n) is 1.52. The zero-order valence-electron chi connectivity index (χ0n) is 8.44. The summed E-state index contributed by atoms with van der Waals surface area (Å²) in [6.07, 6.45) is 6.53. The van der Waals surface area contributed by atoms with E-state index in [0.717, 1.165) is 0 Å². The fourth-order valence-corrected chi connectivity index (χ4v) is 2.01. The van der Waals surface area contributed by atoms with Gasteiger partial charge in [-0.15, -0.1) is 0 Å². The van der Waals surface area contributed by atoms with E-state index in [-0.39, 0.29) is 11.5 Å². The summed E-state index contributed by atoms with van der Waals surface area (Å²) in [7, 11) is 1.26. The summed E-state index contributed by atoms with van der Waals surface area (Å²) >= 11 is 3.30. The fraction of sp³-hybridized carbons (Fsp3) is 0.182. The van der Waals surface area contributed by atoms with Gasteiger partial charge >= 0.3 is 5.97 Å². The molecule has 0 aromatic heterocycles. The summed E-state index contributed by atoms with van der Waals surface area (Å²) < 4.78 is 5.24. The normalized spacial score (nSPS) is 23.0. The maximum Gasteiger partial charge on any atom is 0.356 e. The van der Waals surface area contributed by atoms with Gasteiger partial charge in [0, 0.05) is 10.6 Å². The molecule has 0 amide bonds. The molecule has 0 saturated heterocycles. The van der Waals surface area contributed by atoms with Gasteiger partial charge in [0.25, 0.3) is 0 Å². The standard InChI is InChI=1S/C11H8BrNO3/c1-16-11(15)8-5-9(14)6-3-2-4-7(12)10(6)13-8/h2-6H,1H3. The molecule has 1 aliphatic carbocycles. The highest BCUT2D eigenvalue weighted by Gasteiger charge is 2.30. The molecule has 82 valence electrons. The molecule has 1 unspecified atom stereocenters. The number of hydrogen-bond donors (Lipinski definition) is 0. The first kappa shape index (κ1) is 11.0. The van der Waals surface area contributed by atoms with Gasteiger partial charge < -0.3 is 4.74 Å². The van der Waals surface area contributed by atoms with E-state index < -0.39 is 11.9 Å². The Labute approximate surface area is 101 Å². The predicted octanol–water partition coefficient (Wildman–Crippen LogP) is 1.53. The molecule has 0 bridgehead atoms. The van der Waals surface area contributed by atoms with E-state index >= 15 is 0 Å². The molecule has 1 heterocycles. The third kappa shape index (κ3) is 1.78. The number of fused-ring (bicyclic) bond motifs is 1. The number of allylic oxidation sites excluding steroid dienone is 5. The molecule has 0 radical (unpaired) electrons. The number of aliphatic imine (C=N–C) groups is 1. The summed E-state index contributed by atoms with van der Waals surface area (Å²) in [5.41, 5.74) is 0.592. The number of carbonyl (C=O) groups excluding carboxylic acids is 2. The monoisotopic (exact) mass is 281 g/mol. The second-order valence-corrected chi connectivity index (χ2v) is 4.15. The minimum absolute atomic E-state index is 0.0411. The van der Waals surface area contributed by atoms with E-state index in [2.05, 4.69) is 25.7 Å². The molecular weight excluding hydrogens is 274 g/mol. The number of hydrogen-bond acceptors (Lipinski definition) is 4. The topological polar surface area (TPSA) is 55.7 Å². The highest BCUT2D eigenvalue weighted by atomic mass is 79.9. The molecule has 0 spiro atoms. The first-order valence-corrected chi connectivity index (χ1v) is 5.39. The van der Waals surface area contributed by atoms with Gasteiger partial charge in [-0.3, -0.25) is 4.79 Å². The molecule has 1 atom stereocenters. The van der Waals surface area contributed by atoms with Crippen LogP contribution >= 0.6 is 15.9 Å². The molecule has 0 N–H and O–H groups in total. The lowest BCUT2D eigenvalue weighted by Gasteiger charge is -2.20. The van der Waals surface area contributed by atoms with E-state index in [0.29, 0.717) is 10.2 Å². The lowest BCUT2D eigenvalue weighted by Crippen LogP contribution is -2.27. The lowest BCUT2D eigenvalue weighted by molar-refractivity contribution is -0.136. The largest absolute Gasteiger partial charge is 0.464 e. The zero-order chi connectivity index (χ0) is 11.7. The van der Waals surface area contributed by atoms with Crippen LogP contribution in [0.4, 0.5) is 0 Å². The minimum atomic E-state index is -0.603. The molecule has 5 heteroatoms. The van der Waals surface area contributed by atoms with Crippen molar-refractivity contribution in [2.24, 2.45) is 10.9 Å². The van der Waals surface area contributed by atoms with Crippen LogP contribution in [0.15, 0.2) is 39.5 Å². The Morgan fingerprint density at radius 2 is 2.31 bits per heavy atom. The maximum atomic E-state index is 11.7. The first-order valence-electron chi connectivity index (χ1n) is 4.60. The number of rotatable bonds is 1. The molecular formula is C11H8BrNO3. The quantitative estimate of drug-likeness (QED) is 0.685. The van der Waals surface area contributed by atoms with Crippen molar-refractivity contribution < 1.29 is 14.3 Å². The van der Waals surface area contributed by atoms with Crippen LogP contribution in [0.3, 0.4) is 0 Å². The van der Waals surface area contributed by atoms with Gasteiger partial charge in [0.05, 0.1) is 18.7 Å². The average Bonchev–Trinajstić information content (AvgIpc) is 2.29. The molecule has 0 aromatic carbocycles. The van der Waals surface area contributed by atoms with Crippen molar-refractivity contribution in [3.63, 3.8) is 0 Å². The van der Waals surface area contributed by atoms with Crippen molar-refractivity contribution in [2.45, 2.75) is 0 Å². The lowest BCUT2D eigenvalue weighted by atomic mass is 9.91. The highest BCUT2D eigenvalue weighted by molar-refractivity contribution is 9.12. The molecule has 0 aromatic rings. The molecule has 2 rings (SSSR count). The highest BCUT2D eigenvalue weighted by Crippen LogP contribution is 2.27. The predicted molar refractivity (Wildman–Crippen MR) is 62.2 cm³/mol. The van der Waals surface area contributed by atoms with Crippen LogP contribution in [0, 0.1) is 5.92 Å². The summed E-state index contributed by atoms with van der Waals surface area (Å²) in [5.74, 6) is -1.16. The third-order valence-electron chi connectivity index (χ3n) is 2.31. The Hall–Kier alpha value is -1.49. The molecule has 4 nitrogen and oxygen atoms in total. The van der Waals surface area contributed by atoms with Gasteiger partial charge in [0.1, 0.15) is 0 Å². The van der Waals surface area contributed by atoms with Gasteiger partial charge in [-0.05, 0) is 22.0 Å². The number of nitrogens with zero attached hydrogens (tertiary/aromatic N) is 1. The van der Waals surface area contributed by atoms with Gasteiger partial charge in [-0.2, -0.15) is 0 Å². The Kier molecular flexibility index (Phi) is 2.87. The number of esters is 1. The van der Waals surface area contributed by atoms with Crippen molar-refractivity contribution >= 4 is 33.4 Å².